The minimum atomic E-state index is -4.82. The molecule has 29 heavy (non-hydrogen) atoms. The van der Waals surface area contributed by atoms with Crippen molar-refractivity contribution in [3.63, 3.8) is 0 Å². The second-order valence-corrected chi connectivity index (χ2v) is 6.26. The van der Waals surface area contributed by atoms with Crippen LogP contribution in [0.15, 0.2) is 36.5 Å². The van der Waals surface area contributed by atoms with Gasteiger partial charge in [0, 0.05) is 5.56 Å². The van der Waals surface area contributed by atoms with Crippen LogP contribution < -0.4 is 10.5 Å². The van der Waals surface area contributed by atoms with E-state index >= 15 is 0 Å². The van der Waals surface area contributed by atoms with Crippen LogP contribution in [0.1, 0.15) is 11.3 Å². The molecule has 12 heteroatoms. The van der Waals surface area contributed by atoms with Crippen LogP contribution in [0, 0.1) is 10.1 Å². The smallest absolute Gasteiger partial charge is 0.433 e. The topological polar surface area (TPSA) is 109 Å². The zero-order valence-electron chi connectivity index (χ0n) is 14.8. The van der Waals surface area contributed by atoms with Crippen LogP contribution in [0.5, 0.6) is 5.75 Å². The zero-order chi connectivity index (χ0) is 21.3. The Morgan fingerprint density at radius 2 is 1.97 bits per heavy atom. The van der Waals surface area contributed by atoms with Crippen molar-refractivity contribution in [3.05, 3.63) is 63.1 Å². The van der Waals surface area contributed by atoms with Gasteiger partial charge < -0.3 is 10.5 Å². The van der Waals surface area contributed by atoms with Crippen molar-refractivity contribution in [1.82, 2.24) is 14.8 Å². The highest BCUT2D eigenvalue weighted by Gasteiger charge is 2.35. The number of rotatable bonds is 5. The first kappa shape index (κ1) is 20.4. The summed E-state index contributed by atoms with van der Waals surface area (Å²) >= 11 is 5.77. The van der Waals surface area contributed by atoms with E-state index in [0.29, 0.717) is 17.4 Å². The lowest BCUT2D eigenvalue weighted by molar-refractivity contribution is -0.384. The van der Waals surface area contributed by atoms with Crippen molar-refractivity contribution in [1.29, 1.82) is 0 Å². The van der Waals surface area contributed by atoms with Gasteiger partial charge in [0.05, 0.1) is 24.3 Å². The van der Waals surface area contributed by atoms with Gasteiger partial charge in [-0.25, -0.2) is 4.98 Å². The molecule has 0 amide bonds. The molecule has 0 radical (unpaired) electrons. The molecule has 3 rings (SSSR count). The Bertz CT molecular complexity index is 1070. The average Bonchev–Trinajstić information content (AvgIpc) is 3.07. The van der Waals surface area contributed by atoms with Gasteiger partial charge in [-0.3, -0.25) is 14.8 Å². The number of anilines is 1. The standard InChI is InChI=1S/C17H13ClF3N5O3/c1-29-10-4-2-9(3-5-10)8-25-15(12(7-23-25)26(27)28)11-6-13(17(19,20)21)24-16(18)14(11)22/h2-7H,8,22H2,1H3. The number of halogens is 4. The molecule has 1 aromatic carbocycles. The molecule has 2 aromatic heterocycles. The number of nitrogens with zero attached hydrogens (tertiary/aromatic N) is 4. The molecule has 3 aromatic rings. The first-order valence-corrected chi connectivity index (χ1v) is 8.36. The highest BCUT2D eigenvalue weighted by molar-refractivity contribution is 6.32. The van der Waals surface area contributed by atoms with Crippen LogP contribution in [0.25, 0.3) is 11.3 Å². The summed E-state index contributed by atoms with van der Waals surface area (Å²) in [6, 6.07) is 7.36. The van der Waals surface area contributed by atoms with Crippen molar-refractivity contribution in [3.8, 4) is 17.0 Å². The average molecular weight is 428 g/mol. The fourth-order valence-electron chi connectivity index (χ4n) is 2.67. The SMILES string of the molecule is COc1ccc(Cn2ncc([N+](=O)[O-])c2-c2cc(C(F)(F)F)nc(Cl)c2N)cc1. The van der Waals surface area contributed by atoms with Gasteiger partial charge in [-0.05, 0) is 23.8 Å². The van der Waals surface area contributed by atoms with Crippen molar-refractivity contribution >= 4 is 23.0 Å². The number of ether oxygens (including phenoxy) is 1. The number of hydrogen-bond acceptors (Lipinski definition) is 6. The molecule has 0 aliphatic rings. The highest BCUT2D eigenvalue weighted by atomic mass is 35.5. The number of nitrogens with two attached hydrogens (primary N) is 1. The Kier molecular flexibility index (Phi) is 5.33. The second-order valence-electron chi connectivity index (χ2n) is 5.90. The van der Waals surface area contributed by atoms with E-state index in [1.54, 1.807) is 24.3 Å². The first-order valence-electron chi connectivity index (χ1n) is 7.98. The normalized spacial score (nSPS) is 11.5. The van der Waals surface area contributed by atoms with Crippen molar-refractivity contribution in [2.75, 3.05) is 12.8 Å². The highest BCUT2D eigenvalue weighted by Crippen LogP contribution is 2.40. The molecule has 0 fully saturated rings. The van der Waals surface area contributed by atoms with Gasteiger partial charge in [-0.1, -0.05) is 23.7 Å². The molecule has 0 bridgehead atoms. The summed E-state index contributed by atoms with van der Waals surface area (Å²) in [5, 5.41) is 14.8. The fourth-order valence-corrected chi connectivity index (χ4v) is 2.87. The molecule has 0 atom stereocenters. The second kappa shape index (κ2) is 7.59. The van der Waals surface area contributed by atoms with Crippen LogP contribution in [0.4, 0.5) is 24.5 Å². The number of pyridine rings is 1. The van der Waals surface area contributed by atoms with Crippen molar-refractivity contribution in [2.45, 2.75) is 12.7 Å². The first-order chi connectivity index (χ1) is 13.6. The molecular formula is C17H13ClF3N5O3. The van der Waals surface area contributed by atoms with Crippen molar-refractivity contribution < 1.29 is 22.8 Å². The molecule has 0 unspecified atom stereocenters. The predicted octanol–water partition coefficient (Wildman–Crippen LogP) is 4.16. The third kappa shape index (κ3) is 4.09. The number of alkyl halides is 3. The van der Waals surface area contributed by atoms with Gasteiger partial charge in [0.1, 0.15) is 23.3 Å². The zero-order valence-corrected chi connectivity index (χ0v) is 15.5. The molecule has 2 N–H and O–H groups in total. The Hall–Kier alpha value is -3.34. The largest absolute Gasteiger partial charge is 0.497 e. The van der Waals surface area contributed by atoms with E-state index in [4.69, 9.17) is 22.1 Å². The molecule has 0 spiro atoms. The molecule has 0 aliphatic carbocycles. The predicted molar refractivity (Wildman–Crippen MR) is 98.6 cm³/mol. The van der Waals surface area contributed by atoms with Gasteiger partial charge in [0.25, 0.3) is 0 Å². The molecule has 0 saturated carbocycles. The van der Waals surface area contributed by atoms with E-state index in [9.17, 15) is 23.3 Å². The van der Waals surface area contributed by atoms with Gasteiger partial charge in [-0.2, -0.15) is 18.3 Å². The quantitative estimate of drug-likeness (QED) is 0.372. The number of nitrogen functional groups attached to an aromatic ring is 1. The maximum atomic E-state index is 13.2. The monoisotopic (exact) mass is 427 g/mol. The summed E-state index contributed by atoms with van der Waals surface area (Å²) in [5.41, 5.74) is 3.85. The summed E-state index contributed by atoms with van der Waals surface area (Å²) in [6.45, 7) is 0.0356. The number of methoxy groups -OCH3 is 1. The Labute approximate surface area is 166 Å². The Morgan fingerprint density at radius 3 is 2.52 bits per heavy atom. The van der Waals surface area contributed by atoms with Crippen LogP contribution in [-0.2, 0) is 12.7 Å². The third-order valence-corrected chi connectivity index (χ3v) is 4.35. The minimum absolute atomic E-state index is 0.0356. The van der Waals surface area contributed by atoms with E-state index in [2.05, 4.69) is 10.1 Å². The molecule has 0 aliphatic heterocycles. The maximum absolute atomic E-state index is 13.2. The van der Waals surface area contributed by atoms with Gasteiger partial charge in [0.15, 0.2) is 5.15 Å². The molecular weight excluding hydrogens is 415 g/mol. The Balaban J connectivity index is 2.17. The van der Waals surface area contributed by atoms with E-state index < -0.39 is 27.6 Å². The summed E-state index contributed by atoms with van der Waals surface area (Å²) in [5.74, 6) is 0.598. The van der Waals surface area contributed by atoms with Crippen LogP contribution in [-0.4, -0.2) is 26.8 Å². The minimum Gasteiger partial charge on any atom is -0.497 e. The van der Waals surface area contributed by atoms with E-state index in [1.807, 2.05) is 0 Å². The lowest BCUT2D eigenvalue weighted by Crippen LogP contribution is -2.12. The van der Waals surface area contributed by atoms with E-state index in [-0.39, 0.29) is 23.5 Å². The lowest BCUT2D eigenvalue weighted by Gasteiger charge is -2.13. The number of aromatic nitrogens is 3. The number of benzene rings is 1. The number of hydrogen-bond donors (Lipinski definition) is 1. The van der Waals surface area contributed by atoms with Crippen LogP contribution in [0.3, 0.4) is 0 Å². The summed E-state index contributed by atoms with van der Waals surface area (Å²) in [7, 11) is 1.50. The summed E-state index contributed by atoms with van der Waals surface area (Å²) in [6.07, 6.45) is -3.87. The number of nitro groups is 1. The third-order valence-electron chi connectivity index (χ3n) is 4.07. The summed E-state index contributed by atoms with van der Waals surface area (Å²) in [4.78, 5) is 13.9. The van der Waals surface area contributed by atoms with E-state index in [0.717, 1.165) is 6.20 Å². The lowest BCUT2D eigenvalue weighted by atomic mass is 10.1. The molecule has 152 valence electrons. The van der Waals surface area contributed by atoms with Crippen molar-refractivity contribution in [2.24, 2.45) is 0 Å². The van der Waals surface area contributed by atoms with Gasteiger partial charge >= 0.3 is 11.9 Å². The molecule has 8 nitrogen and oxygen atoms in total. The van der Waals surface area contributed by atoms with Gasteiger partial charge in [0.2, 0.25) is 0 Å². The molecule has 2 heterocycles. The Morgan fingerprint density at radius 1 is 1.31 bits per heavy atom. The summed E-state index contributed by atoms with van der Waals surface area (Å²) < 4.78 is 45.8. The van der Waals surface area contributed by atoms with Crippen LogP contribution in [0.2, 0.25) is 5.15 Å². The maximum Gasteiger partial charge on any atom is 0.433 e. The molecule has 0 saturated heterocycles. The van der Waals surface area contributed by atoms with Crippen LogP contribution >= 0.6 is 11.6 Å². The van der Waals surface area contributed by atoms with E-state index in [1.165, 1.54) is 11.8 Å². The fraction of sp³-hybridized carbons (Fsp3) is 0.176. The van der Waals surface area contributed by atoms with Gasteiger partial charge in [-0.15, -0.1) is 0 Å².